The number of ether oxygens (including phenoxy) is 1. The van der Waals surface area contributed by atoms with Gasteiger partial charge in [0.2, 0.25) is 0 Å². The van der Waals surface area contributed by atoms with Crippen molar-refractivity contribution in [3.63, 3.8) is 0 Å². The molecule has 9 aliphatic carbocycles. The highest BCUT2D eigenvalue weighted by Crippen LogP contribution is 2.76. The van der Waals surface area contributed by atoms with Crippen LogP contribution < -0.4 is 9.80 Å². The zero-order chi connectivity index (χ0) is 53.1. The molecule has 0 bridgehead atoms. The van der Waals surface area contributed by atoms with Crippen molar-refractivity contribution >= 4 is 72.3 Å². The Balaban J connectivity index is 0.948. The van der Waals surface area contributed by atoms with Crippen molar-refractivity contribution in [2.24, 2.45) is 40.9 Å². The lowest BCUT2D eigenvalue weighted by Crippen LogP contribution is -2.53. The third kappa shape index (κ3) is 6.51. The van der Waals surface area contributed by atoms with Gasteiger partial charge in [-0.15, -0.1) is 0 Å². The summed E-state index contributed by atoms with van der Waals surface area (Å²) in [7, 11) is 0. The number of nitrogens with zero attached hydrogens (tertiary/aromatic N) is 2. The molecular formula is C75H64N2O4. The molecule has 18 rings (SSSR count). The van der Waals surface area contributed by atoms with E-state index in [1.807, 2.05) is 0 Å². The van der Waals surface area contributed by atoms with Gasteiger partial charge in [-0.1, -0.05) is 165 Å². The number of hydrogen-bond donors (Lipinski definition) is 0. The summed E-state index contributed by atoms with van der Waals surface area (Å²) in [5.41, 5.74) is 16.1. The molecule has 10 aliphatic rings. The van der Waals surface area contributed by atoms with E-state index in [0.717, 1.165) is 111 Å². The summed E-state index contributed by atoms with van der Waals surface area (Å²) in [5, 5.41) is 5.78. The van der Waals surface area contributed by atoms with E-state index in [9.17, 15) is 0 Å². The van der Waals surface area contributed by atoms with E-state index in [1.54, 1.807) is 0 Å². The largest absolute Gasteiger partial charge is 0.489 e. The van der Waals surface area contributed by atoms with Crippen LogP contribution in [0.25, 0.3) is 60.9 Å². The molecular weight excluding hydrogens is 993 g/mol. The lowest BCUT2D eigenvalue weighted by molar-refractivity contribution is -0.0232. The summed E-state index contributed by atoms with van der Waals surface area (Å²) in [6, 6.07) is 35.4. The second kappa shape index (κ2) is 17.6. The first-order valence-corrected chi connectivity index (χ1v) is 30.3. The minimum absolute atomic E-state index is 0.00133. The van der Waals surface area contributed by atoms with Crippen LogP contribution in [0.15, 0.2) is 236 Å². The number of benzene rings is 5. The number of hydrogen-bond acceptors (Lipinski definition) is 6. The molecule has 0 radical (unpaired) electrons. The van der Waals surface area contributed by atoms with Crippen molar-refractivity contribution in [3.8, 4) is 0 Å². The molecule has 6 nitrogen and oxygen atoms in total. The fourth-order valence-corrected chi connectivity index (χ4v) is 18.2. The van der Waals surface area contributed by atoms with Gasteiger partial charge in [-0.3, -0.25) is 0 Å². The average Bonchev–Trinajstić information content (AvgIpc) is 2.00. The number of anilines is 2. The normalized spacial score (nSPS) is 30.1. The fourth-order valence-electron chi connectivity index (χ4n) is 18.2. The second-order valence-corrected chi connectivity index (χ2v) is 25.0. The Morgan fingerprint density at radius 1 is 0.642 bits per heavy atom. The third-order valence-electron chi connectivity index (χ3n) is 21.1. The molecule has 81 heavy (non-hydrogen) atoms. The number of allylic oxidation sites excluding steroid dienone is 15. The van der Waals surface area contributed by atoms with Crippen LogP contribution in [-0.4, -0.2) is 6.10 Å². The molecule has 398 valence electrons. The zero-order valence-corrected chi connectivity index (χ0v) is 45.7. The topological polar surface area (TPSA) is 55.1 Å². The van der Waals surface area contributed by atoms with Crippen molar-refractivity contribution in [1.29, 1.82) is 0 Å². The molecule has 11 unspecified atom stereocenters. The van der Waals surface area contributed by atoms with E-state index in [0.29, 0.717) is 23.7 Å². The van der Waals surface area contributed by atoms with Gasteiger partial charge in [0.1, 0.15) is 40.0 Å². The maximum atomic E-state index is 7.91. The summed E-state index contributed by atoms with van der Waals surface area (Å²) >= 11 is 0. The van der Waals surface area contributed by atoms with E-state index < -0.39 is 0 Å². The predicted octanol–water partition coefficient (Wildman–Crippen LogP) is 19.4. The van der Waals surface area contributed by atoms with Crippen molar-refractivity contribution in [2.75, 3.05) is 9.80 Å². The minimum atomic E-state index is -0.186. The van der Waals surface area contributed by atoms with Gasteiger partial charge in [0, 0.05) is 55.7 Å². The van der Waals surface area contributed by atoms with E-state index >= 15 is 0 Å². The highest BCUT2D eigenvalue weighted by molar-refractivity contribution is 6.14. The van der Waals surface area contributed by atoms with E-state index in [-0.39, 0.29) is 41.2 Å². The number of para-hydroxylation sites is 4. The third-order valence-corrected chi connectivity index (χ3v) is 21.1. The van der Waals surface area contributed by atoms with Gasteiger partial charge >= 0.3 is 0 Å². The second-order valence-electron chi connectivity index (χ2n) is 25.0. The highest BCUT2D eigenvalue weighted by atomic mass is 16.5. The monoisotopic (exact) mass is 1060 g/mol. The first-order valence-electron chi connectivity index (χ1n) is 30.3. The summed E-state index contributed by atoms with van der Waals surface area (Å²) in [5.74, 6) is 4.00. The van der Waals surface area contributed by atoms with Gasteiger partial charge in [0.25, 0.3) is 0 Å². The number of fused-ring (bicyclic) bond motifs is 20. The van der Waals surface area contributed by atoms with Crippen LogP contribution in [0, 0.1) is 40.9 Å². The Bertz CT molecular complexity index is 4380. The lowest BCUT2D eigenvalue weighted by Gasteiger charge is -2.59. The minimum Gasteiger partial charge on any atom is -0.489 e. The van der Waals surface area contributed by atoms with Crippen molar-refractivity contribution in [2.45, 2.75) is 88.7 Å². The van der Waals surface area contributed by atoms with E-state index in [1.165, 1.54) is 64.0 Å². The van der Waals surface area contributed by atoms with E-state index in [4.69, 9.17) is 18.0 Å². The number of furan rings is 3. The molecule has 0 amide bonds. The zero-order valence-electron chi connectivity index (χ0n) is 45.7. The van der Waals surface area contributed by atoms with Gasteiger partial charge in [0.15, 0.2) is 5.58 Å². The van der Waals surface area contributed by atoms with E-state index in [2.05, 4.69) is 217 Å². The van der Waals surface area contributed by atoms with Crippen LogP contribution in [0.3, 0.4) is 0 Å². The lowest BCUT2D eigenvalue weighted by atomic mass is 9.46. The van der Waals surface area contributed by atoms with Gasteiger partial charge in [-0.2, -0.15) is 0 Å². The number of rotatable bonds is 6. The van der Waals surface area contributed by atoms with Gasteiger partial charge < -0.3 is 27.8 Å². The Hall–Kier alpha value is -8.22. The molecule has 4 heterocycles. The van der Waals surface area contributed by atoms with Crippen molar-refractivity contribution in [3.05, 3.63) is 245 Å². The first-order chi connectivity index (χ1) is 40.1. The average molecular weight is 1060 g/mol. The van der Waals surface area contributed by atoms with Crippen molar-refractivity contribution < 1.29 is 18.0 Å². The standard InChI is InChI=1S/C75H64N2O4/c1-44-21-18-24-46(41-44)77(59-35-20-32-52-49-27-9-13-37-63(49)79-72(52)59)61-43-57-69(74-67(61)54-30-11-15-39-65(54)81-74)68-55(70-50-28-7-6-25-47(50)56-33-16-17-40-75(56,57)70)42-60(66-53-29-10-14-38-64(53)80-73(66)68)76(45-22-4-2-3-5-23-45)58-34-19-31-51-48-26-8-12-36-62(48)78-71(51)58/h2,4-10,12-15,18-20,22-29,31-32,35-39,41-44,47,50,56-58,67,69-70,74H,3,11,16-17,21,30,33-34,40H2,1H3. The Morgan fingerprint density at radius 3 is 2.31 bits per heavy atom. The molecule has 8 aromatic rings. The maximum absolute atomic E-state index is 7.91. The van der Waals surface area contributed by atoms with Crippen molar-refractivity contribution in [1.82, 2.24) is 0 Å². The molecule has 1 aliphatic heterocycles. The van der Waals surface area contributed by atoms with Crippen LogP contribution in [-0.2, 0) is 4.74 Å². The predicted molar refractivity (Wildman–Crippen MR) is 327 cm³/mol. The summed E-state index contributed by atoms with van der Waals surface area (Å²) in [4.78, 5) is 5.32. The summed E-state index contributed by atoms with van der Waals surface area (Å²) < 4.78 is 29.8. The quantitative estimate of drug-likeness (QED) is 0.165. The molecule has 5 aromatic carbocycles. The molecule has 6 heteroatoms. The molecule has 2 fully saturated rings. The Morgan fingerprint density at radius 2 is 1.42 bits per heavy atom. The first kappa shape index (κ1) is 46.5. The molecule has 1 spiro atoms. The SMILES string of the molecule is CC1C=C(N(C2=CC3C(c4c(cc(N(C5=CC=CCC=C5)C5CC=Cc6c5oc5ccccc65)c5c4oc4ccccc45)C4C5C=CC=CC5C5CCCCC354)C3OC4=C(CCC=C4)C23)c2cccc3c2oc2ccccc23)C=CC1. The highest BCUT2D eigenvalue weighted by Gasteiger charge is 2.69. The summed E-state index contributed by atoms with van der Waals surface area (Å²) in [6.45, 7) is 2.37. The van der Waals surface area contributed by atoms with Gasteiger partial charge in [-0.25, -0.2) is 0 Å². The smallest absolute Gasteiger partial charge is 0.159 e. The van der Waals surface area contributed by atoms with Crippen LogP contribution in [0.4, 0.5) is 11.4 Å². The van der Waals surface area contributed by atoms with Gasteiger partial charge in [0.05, 0.1) is 28.7 Å². The molecule has 0 N–H and O–H groups in total. The molecule has 11 atom stereocenters. The van der Waals surface area contributed by atoms with Crippen LogP contribution in [0.2, 0.25) is 0 Å². The van der Waals surface area contributed by atoms with Crippen LogP contribution in [0.5, 0.6) is 0 Å². The molecule has 2 saturated carbocycles. The Kier molecular flexibility index (Phi) is 10.1. The Labute approximate surface area is 472 Å². The maximum Gasteiger partial charge on any atom is 0.159 e. The summed E-state index contributed by atoms with van der Waals surface area (Å²) in [6.07, 6.45) is 50.3. The molecule has 3 aromatic heterocycles. The van der Waals surface area contributed by atoms with Crippen LogP contribution in [0.1, 0.15) is 105 Å². The fraction of sp³-hybridized carbons (Fsp3) is 0.280. The molecule has 0 saturated heterocycles. The van der Waals surface area contributed by atoms with Gasteiger partial charge in [-0.05, 0) is 152 Å². The van der Waals surface area contributed by atoms with Crippen LogP contribution >= 0.6 is 0 Å².